The number of hydrogen-bond acceptors (Lipinski definition) is 5. The largest absolute Gasteiger partial charge is 0.492 e. The van der Waals surface area contributed by atoms with Crippen molar-refractivity contribution >= 4 is 5.91 Å². The third-order valence-corrected chi connectivity index (χ3v) is 6.13. The van der Waals surface area contributed by atoms with Gasteiger partial charge in [0, 0.05) is 36.4 Å². The van der Waals surface area contributed by atoms with Gasteiger partial charge in [-0.05, 0) is 50.7 Å². The van der Waals surface area contributed by atoms with Crippen LogP contribution in [0.4, 0.5) is 0 Å². The predicted molar refractivity (Wildman–Crippen MR) is 103 cm³/mol. The van der Waals surface area contributed by atoms with Crippen LogP contribution in [-0.2, 0) is 11.3 Å². The van der Waals surface area contributed by atoms with Gasteiger partial charge in [-0.3, -0.25) is 14.9 Å². The summed E-state index contributed by atoms with van der Waals surface area (Å²) < 4.78 is 12.0. The van der Waals surface area contributed by atoms with Gasteiger partial charge in [-0.2, -0.15) is 0 Å². The molecule has 6 nitrogen and oxygen atoms in total. The number of ether oxygens (including phenoxy) is 2. The molecule has 1 amide bonds. The summed E-state index contributed by atoms with van der Waals surface area (Å²) in [5.74, 6) is 1.35. The van der Waals surface area contributed by atoms with Crippen LogP contribution in [0.1, 0.15) is 56.5 Å². The number of fused-ring (bicyclic) bond motifs is 1. The van der Waals surface area contributed by atoms with Gasteiger partial charge in [-0.1, -0.05) is 19.9 Å². The number of carbonyl (C=O) groups excluding carboxylic acids is 1. The second-order valence-corrected chi connectivity index (χ2v) is 8.27. The number of carbonyl (C=O) groups is 1. The monoisotopic (exact) mass is 376 g/mol. The average Bonchev–Trinajstić information content (AvgIpc) is 2.85. The number of hydroxylamine groups is 1. The van der Waals surface area contributed by atoms with Crippen molar-refractivity contribution in [2.45, 2.75) is 65.3 Å². The maximum atomic E-state index is 11.7. The molecule has 1 aromatic carbocycles. The SMILES string of the molecule is CC(C)C1CC(C(C)N2Cc3ccc(C(=O)NO)cc3OC[C@@H]2C)CCO1. The van der Waals surface area contributed by atoms with Crippen molar-refractivity contribution in [1.29, 1.82) is 0 Å². The predicted octanol–water partition coefficient (Wildman–Crippen LogP) is 3.23. The van der Waals surface area contributed by atoms with Crippen LogP contribution in [0.25, 0.3) is 0 Å². The van der Waals surface area contributed by atoms with Gasteiger partial charge in [-0.25, -0.2) is 5.48 Å². The first-order valence-corrected chi connectivity index (χ1v) is 9.98. The maximum absolute atomic E-state index is 11.7. The smallest absolute Gasteiger partial charge is 0.274 e. The molecule has 1 aromatic rings. The van der Waals surface area contributed by atoms with Crippen LogP contribution in [0.15, 0.2) is 18.2 Å². The van der Waals surface area contributed by atoms with Crippen molar-refractivity contribution in [3.63, 3.8) is 0 Å². The Bertz CT molecular complexity index is 664. The number of hydrogen-bond donors (Lipinski definition) is 2. The quantitative estimate of drug-likeness (QED) is 0.624. The fourth-order valence-electron chi connectivity index (χ4n) is 4.26. The lowest BCUT2D eigenvalue weighted by molar-refractivity contribution is -0.0563. The summed E-state index contributed by atoms with van der Waals surface area (Å²) in [6.45, 7) is 11.2. The molecule has 150 valence electrons. The third-order valence-electron chi connectivity index (χ3n) is 6.13. The minimum Gasteiger partial charge on any atom is -0.492 e. The van der Waals surface area contributed by atoms with Crippen molar-refractivity contribution in [2.24, 2.45) is 11.8 Å². The first-order chi connectivity index (χ1) is 12.9. The first-order valence-electron chi connectivity index (χ1n) is 9.98. The van der Waals surface area contributed by atoms with E-state index in [0.717, 1.165) is 37.3 Å². The van der Waals surface area contributed by atoms with E-state index in [1.807, 2.05) is 6.07 Å². The van der Waals surface area contributed by atoms with Gasteiger partial charge in [0.2, 0.25) is 0 Å². The number of nitrogens with one attached hydrogen (secondary N) is 1. The lowest BCUT2D eigenvalue weighted by Crippen LogP contribution is -2.47. The summed E-state index contributed by atoms with van der Waals surface area (Å²) in [7, 11) is 0. The van der Waals surface area contributed by atoms with Crippen molar-refractivity contribution in [2.75, 3.05) is 13.2 Å². The molecule has 27 heavy (non-hydrogen) atoms. The minimum absolute atomic E-state index is 0.280. The molecule has 1 fully saturated rings. The van der Waals surface area contributed by atoms with E-state index < -0.39 is 5.91 Å². The molecular formula is C21H32N2O4. The summed E-state index contributed by atoms with van der Waals surface area (Å²) >= 11 is 0. The molecule has 0 radical (unpaired) electrons. The zero-order chi connectivity index (χ0) is 19.6. The molecule has 4 atom stereocenters. The molecular weight excluding hydrogens is 344 g/mol. The highest BCUT2D eigenvalue weighted by atomic mass is 16.5. The standard InChI is InChI=1S/C21H32N2O4/c1-13(2)19-9-16(7-8-26-19)15(4)23-11-18-6-5-17(21(24)22-25)10-20(18)27-12-14(23)3/h5-6,10,13-16,19,25H,7-9,11-12H2,1-4H3,(H,22,24)/t14-,15?,16?,19?/m0/s1. The van der Waals surface area contributed by atoms with E-state index >= 15 is 0 Å². The topological polar surface area (TPSA) is 71.0 Å². The van der Waals surface area contributed by atoms with E-state index in [9.17, 15) is 4.79 Å². The van der Waals surface area contributed by atoms with E-state index in [2.05, 4.69) is 32.6 Å². The molecule has 2 heterocycles. The fraction of sp³-hybridized carbons (Fsp3) is 0.667. The van der Waals surface area contributed by atoms with Gasteiger partial charge in [0.25, 0.3) is 5.91 Å². The molecule has 2 aliphatic rings. The molecule has 2 N–H and O–H groups in total. The number of rotatable bonds is 4. The minimum atomic E-state index is -0.522. The third kappa shape index (κ3) is 4.45. The van der Waals surface area contributed by atoms with Crippen LogP contribution in [-0.4, -0.2) is 47.4 Å². The normalized spacial score (nSPS) is 27.4. The Hall–Kier alpha value is -1.63. The summed E-state index contributed by atoms with van der Waals surface area (Å²) in [5, 5.41) is 8.85. The van der Waals surface area contributed by atoms with Crippen LogP contribution in [0.5, 0.6) is 5.75 Å². The average molecular weight is 376 g/mol. The number of amides is 1. The number of nitrogens with zero attached hydrogens (tertiary/aromatic N) is 1. The fourth-order valence-corrected chi connectivity index (χ4v) is 4.26. The molecule has 3 rings (SSSR count). The molecule has 6 heteroatoms. The van der Waals surface area contributed by atoms with E-state index in [1.165, 1.54) is 0 Å². The van der Waals surface area contributed by atoms with Crippen LogP contribution >= 0.6 is 0 Å². The Kier molecular flexibility index (Phi) is 6.40. The van der Waals surface area contributed by atoms with Gasteiger partial charge in [0.1, 0.15) is 12.4 Å². The molecule has 2 aliphatic heterocycles. The van der Waals surface area contributed by atoms with Gasteiger partial charge in [0.05, 0.1) is 6.10 Å². The Balaban J connectivity index is 1.77. The highest BCUT2D eigenvalue weighted by Gasteiger charge is 2.34. The van der Waals surface area contributed by atoms with Crippen LogP contribution in [0, 0.1) is 11.8 Å². The number of benzene rings is 1. The lowest BCUT2D eigenvalue weighted by atomic mass is 9.84. The van der Waals surface area contributed by atoms with Crippen LogP contribution < -0.4 is 10.2 Å². The lowest BCUT2D eigenvalue weighted by Gasteiger charge is -2.41. The summed E-state index contributed by atoms with van der Waals surface area (Å²) in [5.41, 5.74) is 3.15. The van der Waals surface area contributed by atoms with E-state index in [1.54, 1.807) is 17.6 Å². The summed E-state index contributed by atoms with van der Waals surface area (Å²) in [6, 6.07) is 6.09. The van der Waals surface area contributed by atoms with Crippen LogP contribution in [0.3, 0.4) is 0 Å². The molecule has 1 saturated heterocycles. The van der Waals surface area contributed by atoms with Crippen molar-refractivity contribution < 1.29 is 19.5 Å². The molecule has 0 spiro atoms. The van der Waals surface area contributed by atoms with E-state index in [0.29, 0.717) is 36.2 Å². The zero-order valence-electron chi connectivity index (χ0n) is 16.8. The second kappa shape index (κ2) is 8.59. The highest BCUT2D eigenvalue weighted by molar-refractivity contribution is 5.93. The Morgan fingerprint density at radius 2 is 2.11 bits per heavy atom. The van der Waals surface area contributed by atoms with Crippen LogP contribution in [0.2, 0.25) is 0 Å². The first kappa shape index (κ1) is 20.1. The highest BCUT2D eigenvalue weighted by Crippen LogP contribution is 2.33. The molecule has 0 aromatic heterocycles. The van der Waals surface area contributed by atoms with E-state index in [-0.39, 0.29) is 6.04 Å². The summed E-state index contributed by atoms with van der Waals surface area (Å²) in [4.78, 5) is 14.2. The van der Waals surface area contributed by atoms with Crippen molar-refractivity contribution in [3.8, 4) is 5.75 Å². The van der Waals surface area contributed by atoms with Gasteiger partial charge in [-0.15, -0.1) is 0 Å². The Morgan fingerprint density at radius 3 is 2.81 bits per heavy atom. The zero-order valence-corrected chi connectivity index (χ0v) is 16.8. The van der Waals surface area contributed by atoms with Gasteiger partial charge in [0.15, 0.2) is 0 Å². The van der Waals surface area contributed by atoms with Gasteiger partial charge < -0.3 is 9.47 Å². The van der Waals surface area contributed by atoms with E-state index in [4.69, 9.17) is 14.7 Å². The Morgan fingerprint density at radius 1 is 1.33 bits per heavy atom. The van der Waals surface area contributed by atoms with Crippen molar-refractivity contribution in [1.82, 2.24) is 10.4 Å². The molecule has 0 aliphatic carbocycles. The molecule has 0 bridgehead atoms. The molecule has 3 unspecified atom stereocenters. The second-order valence-electron chi connectivity index (χ2n) is 8.27. The maximum Gasteiger partial charge on any atom is 0.274 e. The Labute approximate surface area is 161 Å². The molecule has 0 saturated carbocycles. The van der Waals surface area contributed by atoms with Crippen molar-refractivity contribution in [3.05, 3.63) is 29.3 Å². The van der Waals surface area contributed by atoms with Gasteiger partial charge >= 0.3 is 0 Å². The summed E-state index contributed by atoms with van der Waals surface area (Å²) in [6.07, 6.45) is 2.54.